The first-order chi connectivity index (χ1) is 8.74. The lowest BCUT2D eigenvalue weighted by Gasteiger charge is -2.17. The second-order valence-corrected chi connectivity index (χ2v) is 6.20. The molecule has 1 aromatic carbocycles. The van der Waals surface area contributed by atoms with Crippen molar-refractivity contribution in [3.05, 3.63) is 29.8 Å². The Morgan fingerprint density at radius 1 is 1.37 bits per heavy atom. The number of rotatable bonds is 4. The third kappa shape index (κ3) is 4.25. The highest BCUT2D eigenvalue weighted by molar-refractivity contribution is 7.91. The van der Waals surface area contributed by atoms with Gasteiger partial charge < -0.3 is 15.8 Å². The lowest BCUT2D eigenvalue weighted by molar-refractivity contribution is -0.115. The van der Waals surface area contributed by atoms with Crippen LogP contribution in [0.1, 0.15) is 5.56 Å². The van der Waals surface area contributed by atoms with Crippen LogP contribution in [0.4, 0.5) is 5.69 Å². The van der Waals surface area contributed by atoms with Gasteiger partial charge in [0.25, 0.3) is 0 Å². The van der Waals surface area contributed by atoms with Crippen LogP contribution in [0, 0.1) is 0 Å². The van der Waals surface area contributed by atoms with Gasteiger partial charge in [0.1, 0.15) is 5.75 Å². The van der Waals surface area contributed by atoms with E-state index in [1.54, 1.807) is 24.3 Å². The van der Waals surface area contributed by atoms with Crippen LogP contribution in [0.15, 0.2) is 29.4 Å². The van der Waals surface area contributed by atoms with E-state index in [4.69, 9.17) is 10.9 Å². The van der Waals surface area contributed by atoms with E-state index in [0.29, 0.717) is 11.3 Å². The Labute approximate surface area is 111 Å². The van der Waals surface area contributed by atoms with Crippen LogP contribution in [0.5, 0.6) is 0 Å². The molecule has 19 heavy (non-hydrogen) atoms. The van der Waals surface area contributed by atoms with Crippen molar-refractivity contribution in [2.45, 2.75) is 0 Å². The van der Waals surface area contributed by atoms with Crippen molar-refractivity contribution in [2.24, 2.45) is 10.9 Å². The largest absolute Gasteiger partial charge is 0.409 e. The van der Waals surface area contributed by atoms with Gasteiger partial charge in [-0.3, -0.25) is 4.79 Å². The zero-order chi connectivity index (χ0) is 14.6. The number of sulfone groups is 1. The summed E-state index contributed by atoms with van der Waals surface area (Å²) in [5, 5.41) is 11.4. The number of amides is 1. The highest BCUT2D eigenvalue weighted by atomic mass is 32.2. The zero-order valence-corrected chi connectivity index (χ0v) is 11.4. The summed E-state index contributed by atoms with van der Waals surface area (Å²) in [5.74, 6) is -1.12. The molecule has 0 saturated heterocycles. The number of hydrogen-bond donors (Lipinski definition) is 2. The second-order valence-electron chi connectivity index (χ2n) is 4.05. The molecule has 0 spiro atoms. The van der Waals surface area contributed by atoms with Gasteiger partial charge in [0.05, 0.1) is 0 Å². The summed E-state index contributed by atoms with van der Waals surface area (Å²) in [4.78, 5) is 12.9. The second kappa shape index (κ2) is 5.70. The summed E-state index contributed by atoms with van der Waals surface area (Å²) >= 11 is 0. The van der Waals surface area contributed by atoms with E-state index in [0.717, 1.165) is 6.26 Å². The third-order valence-corrected chi connectivity index (χ3v) is 3.19. The SMILES string of the molecule is CN(C(=O)CS(C)(=O)=O)c1ccc(C(N)=NO)cc1. The van der Waals surface area contributed by atoms with Gasteiger partial charge in [-0.15, -0.1) is 0 Å². The summed E-state index contributed by atoms with van der Waals surface area (Å²) in [7, 11) is -1.89. The molecule has 3 N–H and O–H groups in total. The lowest BCUT2D eigenvalue weighted by Crippen LogP contribution is -2.32. The first kappa shape index (κ1) is 15.0. The third-order valence-electron chi connectivity index (χ3n) is 2.42. The van der Waals surface area contributed by atoms with Crippen LogP contribution in [0.3, 0.4) is 0 Å². The Kier molecular flexibility index (Phi) is 4.49. The fraction of sp³-hybridized carbons (Fsp3) is 0.273. The minimum Gasteiger partial charge on any atom is -0.409 e. The van der Waals surface area contributed by atoms with Crippen LogP contribution in [-0.2, 0) is 14.6 Å². The fourth-order valence-electron chi connectivity index (χ4n) is 1.38. The van der Waals surface area contributed by atoms with Gasteiger partial charge in [-0.2, -0.15) is 0 Å². The Bertz CT molecular complexity index is 593. The van der Waals surface area contributed by atoms with Gasteiger partial charge in [0, 0.05) is 24.6 Å². The first-order valence-corrected chi connectivity index (χ1v) is 7.33. The molecular weight excluding hydrogens is 270 g/mol. The minimum atomic E-state index is -3.37. The van der Waals surface area contributed by atoms with E-state index in [1.807, 2.05) is 0 Å². The number of nitrogens with zero attached hydrogens (tertiary/aromatic N) is 2. The molecule has 0 aliphatic carbocycles. The number of nitrogens with two attached hydrogens (primary N) is 1. The van der Waals surface area contributed by atoms with E-state index in [-0.39, 0.29) is 5.84 Å². The van der Waals surface area contributed by atoms with Crippen LogP contribution >= 0.6 is 0 Å². The number of carbonyl (C=O) groups excluding carboxylic acids is 1. The highest BCUT2D eigenvalue weighted by Gasteiger charge is 2.16. The summed E-state index contributed by atoms with van der Waals surface area (Å²) in [6, 6.07) is 6.28. The van der Waals surface area contributed by atoms with E-state index >= 15 is 0 Å². The molecule has 1 amide bonds. The van der Waals surface area contributed by atoms with Crippen molar-refractivity contribution in [3.63, 3.8) is 0 Å². The average Bonchev–Trinajstić information content (AvgIpc) is 2.35. The molecule has 0 radical (unpaired) electrons. The van der Waals surface area contributed by atoms with Crippen molar-refractivity contribution in [1.29, 1.82) is 0 Å². The van der Waals surface area contributed by atoms with Crippen LogP contribution in [-0.4, -0.2) is 44.4 Å². The first-order valence-electron chi connectivity index (χ1n) is 5.27. The monoisotopic (exact) mass is 285 g/mol. The maximum Gasteiger partial charge on any atom is 0.241 e. The lowest BCUT2D eigenvalue weighted by atomic mass is 10.2. The number of oxime groups is 1. The van der Waals surface area contributed by atoms with Crippen molar-refractivity contribution in [2.75, 3.05) is 24.0 Å². The molecule has 0 fully saturated rings. The minimum absolute atomic E-state index is 0.0448. The Morgan fingerprint density at radius 3 is 2.32 bits per heavy atom. The molecular formula is C11H15N3O4S. The molecule has 0 aromatic heterocycles. The summed E-state index contributed by atoms with van der Waals surface area (Å²) < 4.78 is 22.1. The Morgan fingerprint density at radius 2 is 1.89 bits per heavy atom. The summed E-state index contributed by atoms with van der Waals surface area (Å²) in [5.41, 5.74) is 6.42. The van der Waals surface area contributed by atoms with Gasteiger partial charge >= 0.3 is 0 Å². The molecule has 1 aromatic rings. The number of amidine groups is 1. The van der Waals surface area contributed by atoms with Crippen molar-refractivity contribution in [3.8, 4) is 0 Å². The van der Waals surface area contributed by atoms with E-state index in [9.17, 15) is 13.2 Å². The normalized spacial score (nSPS) is 12.2. The van der Waals surface area contributed by atoms with E-state index < -0.39 is 21.5 Å². The number of benzene rings is 1. The molecule has 0 aliphatic rings. The topological polar surface area (TPSA) is 113 Å². The molecule has 0 saturated carbocycles. The van der Waals surface area contributed by atoms with Crippen LogP contribution in [0.2, 0.25) is 0 Å². The van der Waals surface area contributed by atoms with Gasteiger partial charge in [0.2, 0.25) is 5.91 Å². The van der Waals surface area contributed by atoms with Crippen LogP contribution < -0.4 is 10.6 Å². The standard InChI is InChI=1S/C11H15N3O4S/c1-14(10(15)7-19(2,17)18)9-5-3-8(4-6-9)11(12)13-16/h3-6,16H,7H2,1-2H3,(H2,12,13). The molecule has 7 nitrogen and oxygen atoms in total. The predicted octanol–water partition coefficient (Wildman–Crippen LogP) is -0.211. The summed E-state index contributed by atoms with van der Waals surface area (Å²) in [6.07, 6.45) is 1.00. The molecule has 0 bridgehead atoms. The number of hydrogen-bond acceptors (Lipinski definition) is 5. The zero-order valence-electron chi connectivity index (χ0n) is 10.6. The van der Waals surface area contributed by atoms with Crippen LogP contribution in [0.25, 0.3) is 0 Å². The van der Waals surface area contributed by atoms with Gasteiger partial charge in [0.15, 0.2) is 15.7 Å². The van der Waals surface area contributed by atoms with Crippen molar-refractivity contribution < 1.29 is 18.4 Å². The van der Waals surface area contributed by atoms with Gasteiger partial charge in [-0.05, 0) is 24.3 Å². The van der Waals surface area contributed by atoms with Gasteiger partial charge in [-0.1, -0.05) is 5.16 Å². The average molecular weight is 285 g/mol. The molecule has 0 heterocycles. The highest BCUT2D eigenvalue weighted by Crippen LogP contribution is 2.14. The smallest absolute Gasteiger partial charge is 0.241 e. The van der Waals surface area contributed by atoms with Crippen molar-refractivity contribution in [1.82, 2.24) is 0 Å². The maximum atomic E-state index is 11.7. The van der Waals surface area contributed by atoms with Crippen molar-refractivity contribution >= 4 is 27.3 Å². The molecule has 104 valence electrons. The predicted molar refractivity (Wildman–Crippen MR) is 72.1 cm³/mol. The fourth-order valence-corrected chi connectivity index (χ4v) is 2.02. The summed E-state index contributed by atoms with van der Waals surface area (Å²) in [6.45, 7) is 0. The quantitative estimate of drug-likeness (QED) is 0.344. The van der Waals surface area contributed by atoms with E-state index in [2.05, 4.69) is 5.16 Å². The molecule has 0 aliphatic heterocycles. The molecule has 8 heteroatoms. The van der Waals surface area contributed by atoms with Gasteiger partial charge in [-0.25, -0.2) is 8.42 Å². The Balaban J connectivity index is 2.89. The molecule has 1 rings (SSSR count). The maximum absolute atomic E-state index is 11.7. The number of carbonyl (C=O) groups is 1. The number of anilines is 1. The Hall–Kier alpha value is -2.09. The molecule has 0 unspecified atom stereocenters. The molecule has 0 atom stereocenters. The van der Waals surface area contributed by atoms with E-state index in [1.165, 1.54) is 11.9 Å².